The predicted molar refractivity (Wildman–Crippen MR) is 65.9 cm³/mol. The van der Waals surface area contributed by atoms with Crippen LogP contribution in [0.2, 0.25) is 0 Å². The Morgan fingerprint density at radius 3 is 2.53 bits per heavy atom. The van der Waals surface area contributed by atoms with E-state index in [1.54, 1.807) is 12.1 Å². The first-order valence-corrected chi connectivity index (χ1v) is 5.78. The summed E-state index contributed by atoms with van der Waals surface area (Å²) in [6.07, 6.45) is -4.65. The van der Waals surface area contributed by atoms with Gasteiger partial charge in [0.05, 0.1) is 11.4 Å². The molecule has 1 atom stereocenters. The molecule has 0 aromatic heterocycles. The van der Waals surface area contributed by atoms with E-state index in [-0.39, 0.29) is 5.69 Å². The number of amides is 1. The first kappa shape index (κ1) is 12.5. The zero-order valence-electron chi connectivity index (χ0n) is 8.65. The Hall–Kier alpha value is -0.990. The number of anilines is 2. The monoisotopic (exact) mass is 356 g/mol. The van der Waals surface area contributed by atoms with Crippen LogP contribution in [0, 0.1) is 3.57 Å². The van der Waals surface area contributed by atoms with E-state index >= 15 is 0 Å². The van der Waals surface area contributed by atoms with Gasteiger partial charge in [0.2, 0.25) is 5.54 Å². The van der Waals surface area contributed by atoms with E-state index in [9.17, 15) is 18.0 Å². The number of nitrogens with one attached hydrogen (secondary N) is 2. The Morgan fingerprint density at radius 2 is 1.94 bits per heavy atom. The summed E-state index contributed by atoms with van der Waals surface area (Å²) in [4.78, 5) is 11.5. The molecule has 1 aliphatic heterocycles. The van der Waals surface area contributed by atoms with Gasteiger partial charge in [-0.05, 0) is 47.7 Å². The quantitative estimate of drug-likeness (QED) is 0.702. The molecule has 2 N–H and O–H groups in total. The van der Waals surface area contributed by atoms with Gasteiger partial charge in [-0.25, -0.2) is 0 Å². The first-order chi connectivity index (χ1) is 7.74. The summed E-state index contributed by atoms with van der Waals surface area (Å²) in [5.41, 5.74) is -1.96. The average Bonchev–Trinajstić information content (AvgIpc) is 2.19. The number of fused-ring (bicyclic) bond motifs is 1. The van der Waals surface area contributed by atoms with Gasteiger partial charge in [0.25, 0.3) is 5.91 Å². The molecule has 1 unspecified atom stereocenters. The molecule has 1 aliphatic rings. The molecule has 1 aromatic carbocycles. The lowest BCUT2D eigenvalue weighted by molar-refractivity contribution is -0.179. The number of hydrogen-bond donors (Lipinski definition) is 2. The van der Waals surface area contributed by atoms with Crippen molar-refractivity contribution in [3.05, 3.63) is 21.8 Å². The highest BCUT2D eigenvalue weighted by Gasteiger charge is 2.58. The van der Waals surface area contributed by atoms with Crippen molar-refractivity contribution >= 4 is 39.9 Å². The molecule has 7 heteroatoms. The van der Waals surface area contributed by atoms with Gasteiger partial charge in [-0.1, -0.05) is 0 Å². The highest BCUT2D eigenvalue weighted by Crippen LogP contribution is 2.40. The third-order valence-corrected chi connectivity index (χ3v) is 3.31. The van der Waals surface area contributed by atoms with Crippen molar-refractivity contribution in [2.24, 2.45) is 0 Å². The van der Waals surface area contributed by atoms with E-state index in [0.717, 1.165) is 10.5 Å². The Labute approximate surface area is 109 Å². The SMILES string of the molecule is CC1(C(F)(F)F)Nc2ccc(I)cc2NC1=O. The molecular weight excluding hydrogens is 348 g/mol. The van der Waals surface area contributed by atoms with Crippen molar-refractivity contribution in [1.82, 2.24) is 0 Å². The van der Waals surface area contributed by atoms with Crippen LogP contribution in [0.25, 0.3) is 0 Å². The van der Waals surface area contributed by atoms with Crippen LogP contribution in [0.15, 0.2) is 18.2 Å². The summed E-state index contributed by atoms with van der Waals surface area (Å²) in [6.45, 7) is 0.823. The maximum atomic E-state index is 12.8. The molecule has 92 valence electrons. The van der Waals surface area contributed by atoms with E-state index in [1.165, 1.54) is 6.07 Å². The molecule has 0 bridgehead atoms. The smallest absolute Gasteiger partial charge is 0.362 e. The van der Waals surface area contributed by atoms with Crippen LogP contribution in [0.4, 0.5) is 24.5 Å². The van der Waals surface area contributed by atoms with E-state index in [1.807, 2.05) is 22.6 Å². The second-order valence-electron chi connectivity index (χ2n) is 3.89. The van der Waals surface area contributed by atoms with Crippen molar-refractivity contribution in [1.29, 1.82) is 0 Å². The third kappa shape index (κ3) is 1.96. The van der Waals surface area contributed by atoms with Gasteiger partial charge in [-0.2, -0.15) is 13.2 Å². The minimum atomic E-state index is -4.65. The van der Waals surface area contributed by atoms with E-state index < -0.39 is 17.6 Å². The van der Waals surface area contributed by atoms with E-state index in [4.69, 9.17) is 0 Å². The van der Waals surface area contributed by atoms with Gasteiger partial charge >= 0.3 is 6.18 Å². The number of rotatable bonds is 0. The van der Waals surface area contributed by atoms with Gasteiger partial charge in [0.1, 0.15) is 0 Å². The third-order valence-electron chi connectivity index (χ3n) is 2.64. The molecule has 0 radical (unpaired) electrons. The standard InChI is InChI=1S/C10H8F3IN2O/c1-9(10(11,12)13)8(17)15-7-4-5(14)2-3-6(7)16-9/h2-4,16H,1H3,(H,15,17). The van der Waals surface area contributed by atoms with Crippen molar-refractivity contribution in [2.45, 2.75) is 18.6 Å². The Kier molecular flexibility index (Phi) is 2.75. The molecule has 1 amide bonds. The van der Waals surface area contributed by atoms with Gasteiger partial charge < -0.3 is 10.6 Å². The van der Waals surface area contributed by atoms with Gasteiger partial charge in [-0.3, -0.25) is 4.79 Å². The normalized spacial score (nSPS) is 23.7. The predicted octanol–water partition coefficient (Wildman–Crippen LogP) is 2.98. The van der Waals surface area contributed by atoms with Crippen molar-refractivity contribution in [2.75, 3.05) is 10.6 Å². The fraction of sp³-hybridized carbons (Fsp3) is 0.300. The molecule has 0 fully saturated rings. The second-order valence-corrected chi connectivity index (χ2v) is 5.14. The van der Waals surface area contributed by atoms with Crippen LogP contribution in [0.5, 0.6) is 0 Å². The molecule has 0 saturated heterocycles. The van der Waals surface area contributed by atoms with Gasteiger partial charge in [-0.15, -0.1) is 0 Å². The van der Waals surface area contributed by atoms with E-state index in [0.29, 0.717) is 5.69 Å². The second kappa shape index (κ2) is 3.76. The molecular formula is C10H8F3IN2O. The number of carbonyl (C=O) groups is 1. The fourth-order valence-electron chi connectivity index (χ4n) is 1.50. The van der Waals surface area contributed by atoms with Crippen molar-refractivity contribution in [3.8, 4) is 0 Å². The highest BCUT2D eigenvalue weighted by molar-refractivity contribution is 14.1. The van der Waals surface area contributed by atoms with E-state index in [2.05, 4.69) is 10.6 Å². The lowest BCUT2D eigenvalue weighted by Gasteiger charge is -2.37. The fourth-order valence-corrected chi connectivity index (χ4v) is 1.99. The lowest BCUT2D eigenvalue weighted by Crippen LogP contribution is -2.60. The van der Waals surface area contributed by atoms with Crippen LogP contribution in [0.1, 0.15) is 6.92 Å². The first-order valence-electron chi connectivity index (χ1n) is 4.70. The molecule has 0 aliphatic carbocycles. The lowest BCUT2D eigenvalue weighted by atomic mass is 9.96. The maximum absolute atomic E-state index is 12.8. The zero-order chi connectivity index (χ0) is 12.8. The number of alkyl halides is 3. The molecule has 0 spiro atoms. The molecule has 17 heavy (non-hydrogen) atoms. The zero-order valence-corrected chi connectivity index (χ0v) is 10.8. The Balaban J connectivity index is 2.47. The van der Waals surface area contributed by atoms with Crippen LogP contribution in [-0.2, 0) is 4.79 Å². The minimum Gasteiger partial charge on any atom is -0.362 e. The van der Waals surface area contributed by atoms with Crippen LogP contribution in [-0.4, -0.2) is 17.6 Å². The summed E-state index contributed by atoms with van der Waals surface area (Å²) in [5.74, 6) is -1.10. The van der Waals surface area contributed by atoms with Crippen molar-refractivity contribution < 1.29 is 18.0 Å². The Bertz CT molecular complexity index is 489. The summed E-state index contributed by atoms with van der Waals surface area (Å²) in [7, 11) is 0. The number of carbonyl (C=O) groups excluding carboxylic acids is 1. The van der Waals surface area contributed by atoms with Crippen LogP contribution >= 0.6 is 22.6 Å². The number of halogens is 4. The van der Waals surface area contributed by atoms with Gasteiger partial charge in [0.15, 0.2) is 0 Å². The minimum absolute atomic E-state index is 0.268. The summed E-state index contributed by atoms with van der Waals surface area (Å²) < 4.78 is 39.3. The average molecular weight is 356 g/mol. The largest absolute Gasteiger partial charge is 0.420 e. The number of hydrogen-bond acceptors (Lipinski definition) is 2. The van der Waals surface area contributed by atoms with Gasteiger partial charge in [0, 0.05) is 3.57 Å². The molecule has 2 rings (SSSR count). The highest BCUT2D eigenvalue weighted by atomic mass is 127. The molecule has 1 heterocycles. The topological polar surface area (TPSA) is 41.1 Å². The van der Waals surface area contributed by atoms with Crippen LogP contribution in [0.3, 0.4) is 0 Å². The van der Waals surface area contributed by atoms with Crippen molar-refractivity contribution in [3.63, 3.8) is 0 Å². The number of benzene rings is 1. The molecule has 3 nitrogen and oxygen atoms in total. The molecule has 1 aromatic rings. The summed E-state index contributed by atoms with van der Waals surface area (Å²) >= 11 is 2.02. The Morgan fingerprint density at radius 1 is 1.29 bits per heavy atom. The molecule has 0 saturated carbocycles. The van der Waals surface area contributed by atoms with Crippen LogP contribution < -0.4 is 10.6 Å². The summed E-state index contributed by atoms with van der Waals surface area (Å²) in [6, 6.07) is 4.79. The maximum Gasteiger partial charge on any atom is 0.420 e. The summed E-state index contributed by atoms with van der Waals surface area (Å²) in [5, 5.41) is 4.52.